The van der Waals surface area contributed by atoms with E-state index in [-0.39, 0.29) is 18.1 Å². The molecule has 1 saturated heterocycles. The van der Waals surface area contributed by atoms with Crippen LogP contribution < -0.4 is 0 Å². The Kier molecular flexibility index (Phi) is 2.90. The van der Waals surface area contributed by atoms with Gasteiger partial charge in [0.15, 0.2) is 5.78 Å². The van der Waals surface area contributed by atoms with E-state index in [1.165, 1.54) is 15.6 Å². The molecule has 0 radical (unpaired) electrons. The first-order valence-corrected chi connectivity index (χ1v) is 7.13. The first kappa shape index (κ1) is 10.8. The van der Waals surface area contributed by atoms with Crippen LogP contribution in [0.3, 0.4) is 0 Å². The normalized spacial score (nSPS) is 20.5. The van der Waals surface area contributed by atoms with E-state index in [0.717, 1.165) is 0 Å². The molecule has 15 heavy (non-hydrogen) atoms. The highest BCUT2D eigenvalue weighted by atomic mass is 32.2. The van der Waals surface area contributed by atoms with E-state index in [9.17, 15) is 13.2 Å². The van der Waals surface area contributed by atoms with Crippen molar-refractivity contribution in [3.8, 4) is 0 Å². The van der Waals surface area contributed by atoms with Crippen molar-refractivity contribution < 1.29 is 13.2 Å². The van der Waals surface area contributed by atoms with Crippen molar-refractivity contribution in [3.05, 3.63) is 22.4 Å². The fourth-order valence-electron chi connectivity index (χ4n) is 1.54. The van der Waals surface area contributed by atoms with Crippen LogP contribution in [0.25, 0.3) is 0 Å². The average Bonchev–Trinajstić information content (AvgIpc) is 2.76. The number of carbonyl (C=O) groups excluding carboxylic acids is 1. The highest BCUT2D eigenvalue weighted by Gasteiger charge is 2.30. The zero-order valence-corrected chi connectivity index (χ0v) is 9.68. The van der Waals surface area contributed by atoms with Crippen molar-refractivity contribution in [3.63, 3.8) is 0 Å². The van der Waals surface area contributed by atoms with Gasteiger partial charge in [-0.1, -0.05) is 6.07 Å². The highest BCUT2D eigenvalue weighted by Crippen LogP contribution is 2.16. The Morgan fingerprint density at radius 3 is 2.87 bits per heavy atom. The van der Waals surface area contributed by atoms with E-state index in [0.29, 0.717) is 17.8 Å². The lowest BCUT2D eigenvalue weighted by Crippen LogP contribution is -2.31. The Labute approximate surface area is 92.6 Å². The molecule has 1 aliphatic rings. The van der Waals surface area contributed by atoms with Crippen molar-refractivity contribution in [1.82, 2.24) is 4.31 Å². The third kappa shape index (κ3) is 2.27. The van der Waals surface area contributed by atoms with Gasteiger partial charge < -0.3 is 0 Å². The average molecular weight is 245 g/mol. The molecule has 0 unspecified atom stereocenters. The minimum atomic E-state index is -3.16. The van der Waals surface area contributed by atoms with Gasteiger partial charge in [-0.15, -0.1) is 11.3 Å². The maximum atomic E-state index is 11.7. The van der Waals surface area contributed by atoms with Crippen molar-refractivity contribution in [2.24, 2.45) is 0 Å². The number of carbonyl (C=O) groups is 1. The summed E-state index contributed by atoms with van der Waals surface area (Å²) in [6.45, 7) is 0.461. The topological polar surface area (TPSA) is 54.5 Å². The third-order valence-corrected chi connectivity index (χ3v) is 5.13. The molecule has 1 aliphatic heterocycles. The number of ketones is 1. The maximum Gasteiger partial charge on any atom is 0.214 e. The van der Waals surface area contributed by atoms with Gasteiger partial charge >= 0.3 is 0 Å². The van der Waals surface area contributed by atoms with E-state index in [4.69, 9.17) is 0 Å². The molecule has 0 aromatic carbocycles. The molecule has 0 aliphatic carbocycles. The number of hydrogen-bond donors (Lipinski definition) is 0. The van der Waals surface area contributed by atoms with Crippen LogP contribution in [0.1, 0.15) is 16.1 Å². The largest absolute Gasteiger partial charge is 0.292 e. The number of Topliss-reactive ketones (excluding diaryl/α,β-unsaturated/α-hetero) is 1. The van der Waals surface area contributed by atoms with Gasteiger partial charge in [0.1, 0.15) is 0 Å². The van der Waals surface area contributed by atoms with Crippen molar-refractivity contribution in [2.45, 2.75) is 6.42 Å². The summed E-state index contributed by atoms with van der Waals surface area (Å²) in [5.41, 5.74) is 0. The number of hydrogen-bond acceptors (Lipinski definition) is 4. The van der Waals surface area contributed by atoms with Crippen molar-refractivity contribution >= 4 is 27.1 Å². The van der Waals surface area contributed by atoms with Crippen LogP contribution in [0.5, 0.6) is 0 Å². The molecule has 0 spiro atoms. The predicted octanol–water partition coefficient (Wildman–Crippen LogP) is 0.966. The molecular weight excluding hydrogens is 234 g/mol. The second-order valence-electron chi connectivity index (χ2n) is 3.40. The zero-order chi connectivity index (χ0) is 10.9. The van der Waals surface area contributed by atoms with Gasteiger partial charge in [0.2, 0.25) is 10.0 Å². The first-order valence-electron chi connectivity index (χ1n) is 4.64. The van der Waals surface area contributed by atoms with Gasteiger partial charge in [-0.25, -0.2) is 8.42 Å². The third-order valence-electron chi connectivity index (χ3n) is 2.32. The van der Waals surface area contributed by atoms with E-state index in [2.05, 4.69) is 0 Å². The van der Waals surface area contributed by atoms with Gasteiger partial charge in [-0.2, -0.15) is 4.31 Å². The first-order chi connectivity index (χ1) is 7.09. The molecule has 82 valence electrons. The summed E-state index contributed by atoms with van der Waals surface area (Å²) < 4.78 is 24.2. The molecule has 0 atom stereocenters. The molecule has 1 aromatic heterocycles. The molecule has 1 fully saturated rings. The van der Waals surface area contributed by atoms with E-state index in [1.54, 1.807) is 12.1 Å². The summed E-state index contributed by atoms with van der Waals surface area (Å²) in [5, 5.41) is 1.81. The van der Waals surface area contributed by atoms with Crippen LogP contribution in [0.4, 0.5) is 0 Å². The molecule has 2 heterocycles. The zero-order valence-electron chi connectivity index (χ0n) is 8.05. The minimum absolute atomic E-state index is 0.0111. The maximum absolute atomic E-state index is 11.7. The van der Waals surface area contributed by atoms with Gasteiger partial charge in [0.05, 0.1) is 17.2 Å². The number of thiophene rings is 1. The van der Waals surface area contributed by atoms with Gasteiger partial charge in [-0.05, 0) is 17.9 Å². The van der Waals surface area contributed by atoms with Crippen LogP contribution in [0, 0.1) is 0 Å². The molecular formula is C9H11NO3S2. The van der Waals surface area contributed by atoms with E-state index >= 15 is 0 Å². The van der Waals surface area contributed by atoms with Crippen LogP contribution in [-0.4, -0.2) is 37.3 Å². The van der Waals surface area contributed by atoms with E-state index < -0.39 is 10.0 Å². The summed E-state index contributed by atoms with van der Waals surface area (Å²) in [5.74, 6) is 0.0560. The van der Waals surface area contributed by atoms with Gasteiger partial charge in [0, 0.05) is 6.54 Å². The quantitative estimate of drug-likeness (QED) is 0.745. The van der Waals surface area contributed by atoms with Crippen LogP contribution >= 0.6 is 11.3 Å². The van der Waals surface area contributed by atoms with E-state index in [1.807, 2.05) is 5.38 Å². The molecule has 1 aromatic rings. The fourth-order valence-corrected chi connectivity index (χ4v) is 3.67. The lowest BCUT2D eigenvalue weighted by atomic mass is 10.3. The van der Waals surface area contributed by atoms with Gasteiger partial charge in [-0.3, -0.25) is 4.79 Å². The SMILES string of the molecule is O=C(CN1CCCS1(=O)=O)c1cccs1. The molecule has 0 saturated carbocycles. The van der Waals surface area contributed by atoms with Crippen molar-refractivity contribution in [1.29, 1.82) is 0 Å². The monoisotopic (exact) mass is 245 g/mol. The second-order valence-corrected chi connectivity index (χ2v) is 6.44. The number of rotatable bonds is 3. The van der Waals surface area contributed by atoms with Gasteiger partial charge in [0.25, 0.3) is 0 Å². The van der Waals surface area contributed by atoms with Crippen LogP contribution in [0.2, 0.25) is 0 Å². The van der Waals surface area contributed by atoms with Crippen LogP contribution in [0.15, 0.2) is 17.5 Å². The molecule has 0 amide bonds. The smallest absolute Gasteiger partial charge is 0.214 e. The highest BCUT2D eigenvalue weighted by molar-refractivity contribution is 7.89. The van der Waals surface area contributed by atoms with Crippen molar-refractivity contribution in [2.75, 3.05) is 18.8 Å². The summed E-state index contributed by atoms with van der Waals surface area (Å²) >= 11 is 1.34. The summed E-state index contributed by atoms with van der Waals surface area (Å²) in [6, 6.07) is 3.51. The molecule has 0 bridgehead atoms. The Bertz CT molecular complexity index is 450. The summed E-state index contributed by atoms with van der Waals surface area (Å²) in [4.78, 5) is 12.3. The molecule has 6 heteroatoms. The fraction of sp³-hybridized carbons (Fsp3) is 0.444. The minimum Gasteiger partial charge on any atom is -0.292 e. The Balaban J connectivity index is 2.07. The van der Waals surface area contributed by atoms with Crippen LogP contribution in [-0.2, 0) is 10.0 Å². The Morgan fingerprint density at radius 2 is 2.33 bits per heavy atom. The molecule has 2 rings (SSSR count). The Morgan fingerprint density at radius 1 is 1.53 bits per heavy atom. The number of sulfonamides is 1. The lowest BCUT2D eigenvalue weighted by molar-refractivity contribution is 0.0973. The second kappa shape index (κ2) is 4.03. The lowest BCUT2D eigenvalue weighted by Gasteiger charge is -2.11. The number of nitrogens with zero attached hydrogens (tertiary/aromatic N) is 1. The molecule has 4 nitrogen and oxygen atoms in total. The summed E-state index contributed by atoms with van der Waals surface area (Å²) in [6.07, 6.45) is 0.625. The predicted molar refractivity (Wildman–Crippen MR) is 58.6 cm³/mol. The Hall–Kier alpha value is -0.720. The molecule has 0 N–H and O–H groups in total. The summed E-state index contributed by atoms with van der Waals surface area (Å²) in [7, 11) is -3.16. The standard InChI is InChI=1S/C9H11NO3S2/c11-8(9-3-1-5-14-9)7-10-4-2-6-15(10,12)13/h1,3,5H,2,4,6-7H2.